The van der Waals surface area contributed by atoms with E-state index in [1.807, 2.05) is 12.4 Å². The van der Waals surface area contributed by atoms with Gasteiger partial charge >= 0.3 is 6.18 Å². The van der Waals surface area contributed by atoms with Crippen molar-refractivity contribution in [2.75, 3.05) is 0 Å². The summed E-state index contributed by atoms with van der Waals surface area (Å²) in [5, 5.41) is 0. The zero-order chi connectivity index (χ0) is 13.3. The van der Waals surface area contributed by atoms with Gasteiger partial charge in [0.15, 0.2) is 0 Å². The molecular formula is C14H22F3N. The van der Waals surface area contributed by atoms with Crippen LogP contribution >= 0.6 is 0 Å². The molecule has 0 aliphatic heterocycles. The van der Waals surface area contributed by atoms with Gasteiger partial charge in [-0.05, 0) is 30.9 Å². The Morgan fingerprint density at radius 2 is 1.50 bits per heavy atom. The molecule has 4 heteroatoms. The van der Waals surface area contributed by atoms with Gasteiger partial charge in [-0.15, -0.1) is 0 Å². The van der Waals surface area contributed by atoms with Crippen LogP contribution in [-0.4, -0.2) is 11.2 Å². The molecule has 0 saturated heterocycles. The van der Waals surface area contributed by atoms with Gasteiger partial charge in [0.05, 0.1) is 0 Å². The summed E-state index contributed by atoms with van der Waals surface area (Å²) in [5.74, 6) is 0. The van der Waals surface area contributed by atoms with E-state index in [1.54, 1.807) is 0 Å². The summed E-state index contributed by atoms with van der Waals surface area (Å²) < 4.78 is 35.6. The molecule has 0 aliphatic rings. The summed E-state index contributed by atoms with van der Waals surface area (Å²) in [6.45, 7) is 0. The lowest BCUT2D eigenvalue weighted by molar-refractivity contribution is -0.135. The number of unbranched alkanes of at least 4 members (excludes halogenated alkanes) is 6. The summed E-state index contributed by atoms with van der Waals surface area (Å²) in [4.78, 5) is 3.03. The fourth-order valence-corrected chi connectivity index (χ4v) is 2.05. The van der Waals surface area contributed by atoms with Crippen molar-refractivity contribution < 1.29 is 13.2 Å². The number of aromatic amines is 1. The van der Waals surface area contributed by atoms with Crippen LogP contribution in [0.2, 0.25) is 0 Å². The third-order valence-electron chi connectivity index (χ3n) is 3.09. The van der Waals surface area contributed by atoms with Crippen molar-refractivity contribution in [1.82, 2.24) is 4.98 Å². The first-order valence-electron chi connectivity index (χ1n) is 6.76. The van der Waals surface area contributed by atoms with Gasteiger partial charge in [0.25, 0.3) is 0 Å². The Kier molecular flexibility index (Phi) is 6.91. The zero-order valence-electron chi connectivity index (χ0n) is 10.7. The molecule has 0 aliphatic carbocycles. The Balaban J connectivity index is 1.82. The Morgan fingerprint density at radius 3 is 2.06 bits per heavy atom. The second kappa shape index (κ2) is 8.22. The summed E-state index contributed by atoms with van der Waals surface area (Å²) in [7, 11) is 0. The van der Waals surface area contributed by atoms with Crippen LogP contribution in [0.15, 0.2) is 18.5 Å². The van der Waals surface area contributed by atoms with Gasteiger partial charge in [-0.3, -0.25) is 0 Å². The van der Waals surface area contributed by atoms with E-state index in [4.69, 9.17) is 0 Å². The van der Waals surface area contributed by atoms with Crippen molar-refractivity contribution in [3.63, 3.8) is 0 Å². The molecule has 0 bridgehead atoms. The first-order chi connectivity index (χ1) is 8.58. The smallest absolute Gasteiger partial charge is 0.367 e. The monoisotopic (exact) mass is 261 g/mol. The lowest BCUT2D eigenvalue weighted by atomic mass is 10.1. The van der Waals surface area contributed by atoms with Crippen LogP contribution in [0.4, 0.5) is 13.2 Å². The zero-order valence-corrected chi connectivity index (χ0v) is 10.7. The lowest BCUT2D eigenvalue weighted by Crippen LogP contribution is -2.06. The highest BCUT2D eigenvalue weighted by atomic mass is 19.4. The summed E-state index contributed by atoms with van der Waals surface area (Å²) in [6, 6.07) is 2.08. The van der Waals surface area contributed by atoms with Gasteiger partial charge in [0.2, 0.25) is 0 Å². The molecule has 0 unspecified atom stereocenters. The number of aromatic nitrogens is 1. The maximum Gasteiger partial charge on any atom is 0.389 e. The normalized spacial score (nSPS) is 11.9. The molecule has 1 heterocycles. The van der Waals surface area contributed by atoms with E-state index in [0.717, 1.165) is 25.7 Å². The maximum absolute atomic E-state index is 11.9. The third-order valence-corrected chi connectivity index (χ3v) is 3.09. The van der Waals surface area contributed by atoms with Crippen molar-refractivity contribution in [3.8, 4) is 0 Å². The lowest BCUT2D eigenvalue weighted by Gasteiger charge is -2.05. The largest absolute Gasteiger partial charge is 0.389 e. The number of hydrogen-bond acceptors (Lipinski definition) is 0. The first kappa shape index (κ1) is 15.1. The minimum atomic E-state index is -3.98. The molecule has 1 aromatic rings. The number of H-pyrrole nitrogens is 1. The fourth-order valence-electron chi connectivity index (χ4n) is 2.05. The van der Waals surface area contributed by atoms with Crippen molar-refractivity contribution in [1.29, 1.82) is 0 Å². The second-order valence-electron chi connectivity index (χ2n) is 4.81. The molecule has 1 rings (SSSR count). The van der Waals surface area contributed by atoms with Crippen LogP contribution in [0.1, 0.15) is 56.9 Å². The number of rotatable bonds is 9. The number of alkyl halides is 3. The maximum atomic E-state index is 11.9. The summed E-state index contributed by atoms with van der Waals surface area (Å²) in [6.07, 6.45) is 6.89. The van der Waals surface area contributed by atoms with Gasteiger partial charge in [-0.1, -0.05) is 32.1 Å². The molecule has 0 amide bonds. The SMILES string of the molecule is FC(F)(F)CCCCCCCCCc1cc[nH]c1. The highest BCUT2D eigenvalue weighted by Crippen LogP contribution is 2.23. The Labute approximate surface area is 107 Å². The molecule has 1 nitrogen and oxygen atoms in total. The Hall–Kier alpha value is -0.930. The van der Waals surface area contributed by atoms with Crippen LogP contribution in [0, 0.1) is 0 Å². The molecular weight excluding hydrogens is 239 g/mol. The average Bonchev–Trinajstić information content (AvgIpc) is 2.78. The minimum Gasteiger partial charge on any atom is -0.367 e. The van der Waals surface area contributed by atoms with E-state index in [1.165, 1.54) is 18.4 Å². The van der Waals surface area contributed by atoms with E-state index in [-0.39, 0.29) is 6.42 Å². The molecule has 1 N–H and O–H groups in total. The van der Waals surface area contributed by atoms with E-state index in [9.17, 15) is 13.2 Å². The summed E-state index contributed by atoms with van der Waals surface area (Å²) >= 11 is 0. The van der Waals surface area contributed by atoms with Crippen LogP contribution in [-0.2, 0) is 6.42 Å². The van der Waals surface area contributed by atoms with Gasteiger partial charge < -0.3 is 4.98 Å². The van der Waals surface area contributed by atoms with Gasteiger partial charge in [0, 0.05) is 18.8 Å². The predicted octanol–water partition coefficient (Wildman–Crippen LogP) is 5.24. The number of aryl methyl sites for hydroxylation is 1. The molecule has 0 fully saturated rings. The molecule has 104 valence electrons. The van der Waals surface area contributed by atoms with E-state index < -0.39 is 12.6 Å². The van der Waals surface area contributed by atoms with E-state index >= 15 is 0 Å². The standard InChI is InChI=1S/C14H22F3N/c15-14(16,17)10-7-5-3-1-2-4-6-8-13-9-11-18-12-13/h9,11-12,18H,1-8,10H2. The van der Waals surface area contributed by atoms with Gasteiger partial charge in [-0.25, -0.2) is 0 Å². The van der Waals surface area contributed by atoms with Crippen LogP contribution in [0.25, 0.3) is 0 Å². The molecule has 0 aromatic carbocycles. The topological polar surface area (TPSA) is 15.8 Å². The molecule has 1 aromatic heterocycles. The van der Waals surface area contributed by atoms with E-state index in [0.29, 0.717) is 6.42 Å². The molecule has 18 heavy (non-hydrogen) atoms. The van der Waals surface area contributed by atoms with E-state index in [2.05, 4.69) is 11.1 Å². The van der Waals surface area contributed by atoms with Gasteiger partial charge in [-0.2, -0.15) is 13.2 Å². The van der Waals surface area contributed by atoms with Gasteiger partial charge in [0.1, 0.15) is 0 Å². The third kappa shape index (κ3) is 8.20. The number of nitrogens with one attached hydrogen (secondary N) is 1. The van der Waals surface area contributed by atoms with Crippen molar-refractivity contribution in [2.24, 2.45) is 0 Å². The van der Waals surface area contributed by atoms with Crippen LogP contribution < -0.4 is 0 Å². The number of halogens is 3. The fraction of sp³-hybridized carbons (Fsp3) is 0.714. The van der Waals surface area contributed by atoms with Crippen molar-refractivity contribution >= 4 is 0 Å². The molecule has 0 saturated carbocycles. The van der Waals surface area contributed by atoms with Crippen molar-refractivity contribution in [3.05, 3.63) is 24.0 Å². The number of hydrogen-bond donors (Lipinski definition) is 1. The summed E-state index contributed by atoms with van der Waals surface area (Å²) in [5.41, 5.74) is 1.33. The molecule has 0 spiro atoms. The Bertz CT molecular complexity index is 290. The highest BCUT2D eigenvalue weighted by molar-refractivity contribution is 5.07. The highest BCUT2D eigenvalue weighted by Gasteiger charge is 2.25. The minimum absolute atomic E-state index is 0.285. The van der Waals surface area contributed by atoms with Crippen LogP contribution in [0.3, 0.4) is 0 Å². The Morgan fingerprint density at radius 1 is 0.889 bits per heavy atom. The van der Waals surface area contributed by atoms with Crippen molar-refractivity contribution in [2.45, 2.75) is 64.0 Å². The quantitative estimate of drug-likeness (QED) is 0.585. The average molecular weight is 261 g/mol. The van der Waals surface area contributed by atoms with Crippen LogP contribution in [0.5, 0.6) is 0 Å². The second-order valence-corrected chi connectivity index (χ2v) is 4.81. The molecule has 0 radical (unpaired) electrons. The first-order valence-corrected chi connectivity index (χ1v) is 6.76. The molecule has 0 atom stereocenters. The predicted molar refractivity (Wildman–Crippen MR) is 67.5 cm³/mol.